The summed E-state index contributed by atoms with van der Waals surface area (Å²) in [5.74, 6) is -0.387. The van der Waals surface area contributed by atoms with Crippen molar-refractivity contribution < 1.29 is 14.7 Å². The van der Waals surface area contributed by atoms with Crippen LogP contribution < -0.4 is 5.32 Å². The third-order valence-corrected chi connectivity index (χ3v) is 5.08. The fourth-order valence-corrected chi connectivity index (χ4v) is 3.60. The van der Waals surface area contributed by atoms with Crippen LogP contribution in [0.25, 0.3) is 0 Å². The second kappa shape index (κ2) is 5.91. The number of aliphatic hydroxyl groups is 1. The minimum Gasteiger partial charge on any atom is -0.388 e. The van der Waals surface area contributed by atoms with E-state index in [1.807, 2.05) is 6.07 Å². The van der Waals surface area contributed by atoms with Crippen LogP contribution in [0.5, 0.6) is 0 Å². The Kier molecular flexibility index (Phi) is 4.06. The maximum atomic E-state index is 12.9. The number of imide groups is 1. The minimum atomic E-state index is -1.21. The summed E-state index contributed by atoms with van der Waals surface area (Å²) in [7, 11) is 0. The monoisotopic (exact) mass is 327 g/mol. The summed E-state index contributed by atoms with van der Waals surface area (Å²) in [5, 5.41) is 22.4. The molecule has 1 aromatic rings. The highest BCUT2D eigenvalue weighted by atomic mass is 16.3. The lowest BCUT2D eigenvalue weighted by atomic mass is 9.84. The Morgan fingerprint density at radius 1 is 1.29 bits per heavy atom. The molecule has 1 aliphatic heterocycles. The molecule has 1 unspecified atom stereocenters. The van der Waals surface area contributed by atoms with E-state index < -0.39 is 17.2 Å². The molecule has 2 aliphatic rings. The number of hydrogen-bond donors (Lipinski definition) is 2. The normalized spacial score (nSPS) is 26.1. The van der Waals surface area contributed by atoms with E-state index >= 15 is 0 Å². The van der Waals surface area contributed by atoms with Crippen molar-refractivity contribution in [3.8, 4) is 6.07 Å². The molecule has 1 saturated carbocycles. The highest BCUT2D eigenvalue weighted by molar-refractivity contribution is 6.07. The van der Waals surface area contributed by atoms with Crippen LogP contribution in [-0.2, 0) is 10.3 Å². The van der Waals surface area contributed by atoms with E-state index in [0.717, 1.165) is 24.2 Å². The number of urea groups is 1. The van der Waals surface area contributed by atoms with Crippen LogP contribution in [0, 0.1) is 11.3 Å². The zero-order valence-electron chi connectivity index (χ0n) is 13.7. The number of nitrogens with zero attached hydrogens (tertiary/aromatic N) is 2. The maximum Gasteiger partial charge on any atom is 0.325 e. The van der Waals surface area contributed by atoms with Crippen molar-refractivity contribution in [1.29, 1.82) is 5.26 Å². The lowest BCUT2D eigenvalue weighted by molar-refractivity contribution is -0.134. The van der Waals surface area contributed by atoms with Crippen molar-refractivity contribution in [3.63, 3.8) is 0 Å². The largest absolute Gasteiger partial charge is 0.388 e. The van der Waals surface area contributed by atoms with Crippen LogP contribution in [0.15, 0.2) is 24.3 Å². The van der Waals surface area contributed by atoms with Crippen LogP contribution >= 0.6 is 0 Å². The Balaban J connectivity index is 1.86. The summed E-state index contributed by atoms with van der Waals surface area (Å²) in [5.41, 5.74) is -1.21. The lowest BCUT2D eigenvalue weighted by Crippen LogP contribution is -2.48. The van der Waals surface area contributed by atoms with Gasteiger partial charge in [-0.2, -0.15) is 5.26 Å². The van der Waals surface area contributed by atoms with Gasteiger partial charge in [-0.1, -0.05) is 31.4 Å². The molecule has 0 radical (unpaired) electrons. The summed E-state index contributed by atoms with van der Waals surface area (Å²) >= 11 is 0. The number of nitriles is 1. The average Bonchev–Trinajstić information content (AvgIpc) is 2.80. The number of rotatable bonds is 3. The summed E-state index contributed by atoms with van der Waals surface area (Å²) in [6.45, 7) is 1.65. The fraction of sp³-hybridized carbons (Fsp3) is 0.500. The summed E-state index contributed by atoms with van der Waals surface area (Å²) in [6.07, 6.45) is 4.08. The number of carbonyl (C=O) groups excluding carboxylic acids is 2. The van der Waals surface area contributed by atoms with E-state index in [2.05, 4.69) is 5.32 Å². The van der Waals surface area contributed by atoms with E-state index in [1.54, 1.807) is 31.2 Å². The van der Waals surface area contributed by atoms with Crippen molar-refractivity contribution in [3.05, 3.63) is 35.4 Å². The second-order valence-corrected chi connectivity index (χ2v) is 6.92. The van der Waals surface area contributed by atoms with Gasteiger partial charge in [0.25, 0.3) is 5.91 Å². The van der Waals surface area contributed by atoms with E-state index in [-0.39, 0.29) is 12.5 Å². The quantitative estimate of drug-likeness (QED) is 0.831. The molecule has 6 nitrogen and oxygen atoms in total. The molecule has 0 aromatic heterocycles. The van der Waals surface area contributed by atoms with Crippen molar-refractivity contribution in [2.45, 2.75) is 50.2 Å². The number of nitrogens with one attached hydrogen (secondary N) is 1. The molecule has 1 atom stereocenters. The fourth-order valence-electron chi connectivity index (χ4n) is 3.60. The molecule has 2 N–H and O–H groups in total. The number of amides is 3. The van der Waals surface area contributed by atoms with Crippen LogP contribution in [-0.4, -0.2) is 34.1 Å². The molecule has 6 heteroatoms. The highest BCUT2D eigenvalue weighted by Crippen LogP contribution is 2.34. The molecule has 3 rings (SSSR count). The van der Waals surface area contributed by atoms with Gasteiger partial charge >= 0.3 is 6.03 Å². The number of β-amino-alcohol motifs (C(OH)–C–C–N with tert-alkyl or cyclic N) is 1. The highest BCUT2D eigenvalue weighted by Gasteiger charge is 2.51. The van der Waals surface area contributed by atoms with Gasteiger partial charge in [0.1, 0.15) is 5.54 Å². The number of carbonyl (C=O) groups is 2. The molecule has 24 heavy (non-hydrogen) atoms. The Morgan fingerprint density at radius 3 is 2.67 bits per heavy atom. The van der Waals surface area contributed by atoms with Crippen molar-refractivity contribution in [2.75, 3.05) is 6.54 Å². The van der Waals surface area contributed by atoms with Crippen LogP contribution in [0.3, 0.4) is 0 Å². The Labute approximate surface area is 141 Å². The summed E-state index contributed by atoms with van der Waals surface area (Å²) < 4.78 is 0. The van der Waals surface area contributed by atoms with Gasteiger partial charge in [0.05, 0.1) is 23.8 Å². The van der Waals surface area contributed by atoms with Crippen molar-refractivity contribution in [2.24, 2.45) is 0 Å². The summed E-state index contributed by atoms with van der Waals surface area (Å²) in [4.78, 5) is 26.4. The number of hydrogen-bond acceptors (Lipinski definition) is 4. The van der Waals surface area contributed by atoms with Gasteiger partial charge in [-0.25, -0.2) is 4.79 Å². The van der Waals surface area contributed by atoms with Gasteiger partial charge in [0, 0.05) is 0 Å². The summed E-state index contributed by atoms with van der Waals surface area (Å²) in [6, 6.07) is 8.21. The molecule has 3 amide bonds. The predicted molar refractivity (Wildman–Crippen MR) is 86.8 cm³/mol. The van der Waals surface area contributed by atoms with Gasteiger partial charge < -0.3 is 10.4 Å². The minimum absolute atomic E-state index is 0.0190. The average molecular weight is 327 g/mol. The van der Waals surface area contributed by atoms with E-state index in [1.165, 1.54) is 0 Å². The van der Waals surface area contributed by atoms with Crippen LogP contribution in [0.2, 0.25) is 0 Å². The first-order valence-corrected chi connectivity index (χ1v) is 8.25. The first-order chi connectivity index (χ1) is 11.4. The molecule has 0 spiro atoms. The Bertz CT molecular complexity index is 718. The Hall–Kier alpha value is -2.39. The van der Waals surface area contributed by atoms with Crippen molar-refractivity contribution >= 4 is 11.9 Å². The third-order valence-electron chi connectivity index (χ3n) is 5.08. The third kappa shape index (κ3) is 2.76. The molecule has 1 aliphatic carbocycles. The zero-order chi connectivity index (χ0) is 17.4. The lowest BCUT2D eigenvalue weighted by Gasteiger charge is -2.34. The Morgan fingerprint density at radius 2 is 2.00 bits per heavy atom. The molecule has 2 fully saturated rings. The van der Waals surface area contributed by atoms with E-state index in [4.69, 9.17) is 5.26 Å². The predicted octanol–water partition coefficient (Wildman–Crippen LogP) is 2.02. The maximum absolute atomic E-state index is 12.9. The smallest absolute Gasteiger partial charge is 0.325 e. The van der Waals surface area contributed by atoms with Gasteiger partial charge in [0.15, 0.2) is 0 Å². The molecule has 1 heterocycles. The molecule has 1 saturated heterocycles. The molecule has 1 aromatic carbocycles. The topological polar surface area (TPSA) is 93.4 Å². The second-order valence-electron chi connectivity index (χ2n) is 6.92. The number of benzene rings is 1. The van der Waals surface area contributed by atoms with Gasteiger partial charge in [0.2, 0.25) is 0 Å². The van der Waals surface area contributed by atoms with Crippen LogP contribution in [0.1, 0.15) is 50.2 Å². The first kappa shape index (κ1) is 16.5. The van der Waals surface area contributed by atoms with Gasteiger partial charge in [-0.15, -0.1) is 0 Å². The van der Waals surface area contributed by atoms with Crippen LogP contribution in [0.4, 0.5) is 4.79 Å². The first-order valence-electron chi connectivity index (χ1n) is 8.25. The van der Waals surface area contributed by atoms with Crippen molar-refractivity contribution in [1.82, 2.24) is 10.2 Å². The SMILES string of the molecule is CC1(c2cccc(C#N)c2)NC(=O)N(CC2(O)CCCCC2)C1=O. The molecule has 126 valence electrons. The standard InChI is InChI=1S/C18H21N3O3/c1-17(14-7-5-6-13(10-14)11-19)15(22)21(16(23)20-17)12-18(24)8-3-2-4-9-18/h5-7,10,24H,2-4,8-9,12H2,1H3,(H,20,23). The van der Waals surface area contributed by atoms with E-state index in [0.29, 0.717) is 24.0 Å². The van der Waals surface area contributed by atoms with E-state index in [9.17, 15) is 14.7 Å². The van der Waals surface area contributed by atoms with Gasteiger partial charge in [-0.05, 0) is 37.5 Å². The molecular formula is C18H21N3O3. The van der Waals surface area contributed by atoms with Gasteiger partial charge in [-0.3, -0.25) is 9.69 Å². The zero-order valence-corrected chi connectivity index (χ0v) is 13.7. The molecular weight excluding hydrogens is 306 g/mol. The molecule has 0 bridgehead atoms.